The highest BCUT2D eigenvalue weighted by atomic mass is 16.4. The van der Waals surface area contributed by atoms with Crippen molar-refractivity contribution in [1.29, 1.82) is 0 Å². The summed E-state index contributed by atoms with van der Waals surface area (Å²) < 4.78 is 0. The maximum Gasteiger partial charge on any atom is 0.306 e. The van der Waals surface area contributed by atoms with Gasteiger partial charge in [0.15, 0.2) is 11.6 Å². The maximum absolute atomic E-state index is 14.0. The molecule has 37 heavy (non-hydrogen) atoms. The number of ketones is 4. The molecule has 1 fully saturated rings. The Balaban J connectivity index is 1.77. The molecule has 0 heterocycles. The zero-order valence-corrected chi connectivity index (χ0v) is 22.9. The minimum Gasteiger partial charge on any atom is -0.481 e. The lowest BCUT2D eigenvalue weighted by Crippen LogP contribution is -2.57. The molecule has 0 aromatic heterocycles. The predicted molar refractivity (Wildman–Crippen MR) is 136 cm³/mol. The normalized spacial score (nSPS) is 36.8. The van der Waals surface area contributed by atoms with Crippen LogP contribution in [0.5, 0.6) is 0 Å². The summed E-state index contributed by atoms with van der Waals surface area (Å²) in [6.07, 6.45) is 5.92. The summed E-state index contributed by atoms with van der Waals surface area (Å²) in [4.78, 5) is 64.4. The van der Waals surface area contributed by atoms with Gasteiger partial charge in [-0.05, 0) is 73.8 Å². The van der Waals surface area contributed by atoms with E-state index in [9.17, 15) is 29.1 Å². The van der Waals surface area contributed by atoms with Gasteiger partial charge in [-0.2, -0.15) is 0 Å². The van der Waals surface area contributed by atoms with Crippen molar-refractivity contribution in [3.05, 3.63) is 34.9 Å². The van der Waals surface area contributed by atoms with Crippen molar-refractivity contribution in [2.75, 3.05) is 0 Å². The van der Waals surface area contributed by atoms with Crippen molar-refractivity contribution in [2.24, 2.45) is 33.5 Å². The van der Waals surface area contributed by atoms with Gasteiger partial charge in [-0.1, -0.05) is 33.8 Å². The van der Waals surface area contributed by atoms with E-state index < -0.39 is 51.4 Å². The highest BCUT2D eigenvalue weighted by Gasteiger charge is 2.68. The van der Waals surface area contributed by atoms with Crippen molar-refractivity contribution in [3.63, 3.8) is 0 Å². The van der Waals surface area contributed by atoms with Crippen LogP contribution in [-0.4, -0.2) is 44.9 Å². The van der Waals surface area contributed by atoms with E-state index in [-0.39, 0.29) is 35.3 Å². The van der Waals surface area contributed by atoms with Crippen LogP contribution in [0.25, 0.3) is 0 Å². The zero-order chi connectivity index (χ0) is 27.9. The van der Waals surface area contributed by atoms with E-state index in [1.165, 1.54) is 19.9 Å². The zero-order valence-electron chi connectivity index (χ0n) is 22.9. The Morgan fingerprint density at radius 3 is 2.22 bits per heavy atom. The first kappa shape index (κ1) is 27.4. The highest BCUT2D eigenvalue weighted by Crippen LogP contribution is 2.68. The Hall–Kier alpha value is -2.67. The number of allylic oxidation sites excluding steroid dienone is 5. The molecule has 6 unspecified atom stereocenters. The highest BCUT2D eigenvalue weighted by molar-refractivity contribution is 6.15. The first-order valence-corrected chi connectivity index (χ1v) is 13.1. The second-order valence-electron chi connectivity index (χ2n) is 13.0. The van der Waals surface area contributed by atoms with Crippen molar-refractivity contribution >= 4 is 29.1 Å². The molecule has 0 radical (unpaired) electrons. The number of carboxylic acids is 1. The molecule has 0 saturated heterocycles. The Bertz CT molecular complexity index is 1230. The third-order valence-electron chi connectivity index (χ3n) is 10.4. The third-order valence-corrected chi connectivity index (χ3v) is 10.4. The molecule has 6 atom stereocenters. The SMILES string of the molecule is CC(CC(=O)CC(C)(O)C1=CC(=O)C2(C)C3=CCC4C(C)(C)C(=O)CCC4(C)C3=CC(=O)C12C)C(=O)O. The van der Waals surface area contributed by atoms with Gasteiger partial charge < -0.3 is 10.2 Å². The fourth-order valence-corrected chi connectivity index (χ4v) is 7.77. The number of hydrogen-bond donors (Lipinski definition) is 2. The number of carbonyl (C=O) groups is 5. The number of hydrogen-bond acceptors (Lipinski definition) is 6. The second kappa shape index (κ2) is 8.16. The average molecular weight is 511 g/mol. The number of rotatable bonds is 6. The van der Waals surface area contributed by atoms with Crippen LogP contribution in [0.15, 0.2) is 34.9 Å². The molecule has 0 bridgehead atoms. The minimum absolute atomic E-state index is 0.00195. The molecule has 7 nitrogen and oxygen atoms in total. The van der Waals surface area contributed by atoms with Crippen LogP contribution in [0.3, 0.4) is 0 Å². The van der Waals surface area contributed by atoms with Crippen molar-refractivity contribution in [3.8, 4) is 0 Å². The second-order valence-corrected chi connectivity index (χ2v) is 13.0. The van der Waals surface area contributed by atoms with Crippen LogP contribution in [0.2, 0.25) is 0 Å². The largest absolute Gasteiger partial charge is 0.481 e. The van der Waals surface area contributed by atoms with Gasteiger partial charge in [0.2, 0.25) is 0 Å². The Morgan fingerprint density at radius 1 is 1.03 bits per heavy atom. The lowest BCUT2D eigenvalue weighted by atomic mass is 9.44. The molecule has 0 spiro atoms. The summed E-state index contributed by atoms with van der Waals surface area (Å²) in [5, 5.41) is 20.7. The Labute approximate surface area is 218 Å². The molecular weight excluding hydrogens is 472 g/mol. The fourth-order valence-electron chi connectivity index (χ4n) is 7.77. The van der Waals surface area contributed by atoms with E-state index in [4.69, 9.17) is 5.11 Å². The number of carbonyl (C=O) groups excluding carboxylic acids is 4. The average Bonchev–Trinajstić information content (AvgIpc) is 3.00. The predicted octanol–water partition coefficient (Wildman–Crippen LogP) is 4.18. The van der Waals surface area contributed by atoms with Crippen LogP contribution in [0.1, 0.15) is 80.6 Å². The van der Waals surface area contributed by atoms with Crippen LogP contribution in [0.4, 0.5) is 0 Å². The standard InChI is InChI=1S/C30H38O7/c1-16(25(35)36)12-17(31)15-28(5,37)21-14-24(34)29(6)18-8-9-20-26(2,3)22(32)10-11-27(20,4)19(18)13-23(33)30(21,29)7/h8,13-14,16,20,37H,9-12,15H2,1-7H3,(H,35,36). The number of fused-ring (bicyclic) bond motifs is 5. The summed E-state index contributed by atoms with van der Waals surface area (Å²) in [6.45, 7) is 12.3. The Morgan fingerprint density at radius 2 is 1.62 bits per heavy atom. The van der Waals surface area contributed by atoms with Crippen LogP contribution < -0.4 is 0 Å². The number of aliphatic hydroxyl groups is 1. The molecule has 200 valence electrons. The van der Waals surface area contributed by atoms with Gasteiger partial charge in [0, 0.05) is 24.7 Å². The van der Waals surface area contributed by atoms with E-state index in [0.29, 0.717) is 19.3 Å². The molecule has 4 rings (SSSR count). The Kier molecular flexibility index (Phi) is 6.04. The molecule has 1 saturated carbocycles. The fraction of sp³-hybridized carbons (Fsp3) is 0.633. The van der Waals surface area contributed by atoms with Gasteiger partial charge in [0.25, 0.3) is 0 Å². The summed E-state index contributed by atoms with van der Waals surface area (Å²) in [7, 11) is 0. The topological polar surface area (TPSA) is 126 Å². The summed E-state index contributed by atoms with van der Waals surface area (Å²) in [5.41, 5.74) is -3.69. The molecule has 0 aromatic carbocycles. The molecule has 4 aliphatic carbocycles. The molecule has 0 aliphatic heterocycles. The first-order valence-electron chi connectivity index (χ1n) is 13.1. The smallest absolute Gasteiger partial charge is 0.306 e. The monoisotopic (exact) mass is 510 g/mol. The van der Waals surface area contributed by atoms with Gasteiger partial charge in [-0.3, -0.25) is 24.0 Å². The van der Waals surface area contributed by atoms with Crippen LogP contribution >= 0.6 is 0 Å². The number of aliphatic carboxylic acids is 1. The number of Topliss-reactive ketones (excluding diaryl/α,β-unsaturated/α-hetero) is 2. The quantitative estimate of drug-likeness (QED) is 0.549. The van der Waals surface area contributed by atoms with Gasteiger partial charge in [0.05, 0.1) is 22.3 Å². The third kappa shape index (κ3) is 3.53. The summed E-state index contributed by atoms with van der Waals surface area (Å²) >= 11 is 0. The molecule has 4 aliphatic rings. The van der Waals surface area contributed by atoms with E-state index in [2.05, 4.69) is 6.92 Å². The van der Waals surface area contributed by atoms with Crippen molar-refractivity contribution in [2.45, 2.75) is 86.2 Å². The van der Waals surface area contributed by atoms with Crippen LogP contribution in [0, 0.1) is 33.5 Å². The summed E-state index contributed by atoms with van der Waals surface area (Å²) in [5.74, 6) is -2.85. The minimum atomic E-state index is -1.81. The van der Waals surface area contributed by atoms with Crippen LogP contribution in [-0.2, 0) is 24.0 Å². The molecule has 0 aromatic rings. The van der Waals surface area contributed by atoms with E-state index in [1.807, 2.05) is 19.9 Å². The molecular formula is C30H38O7. The van der Waals surface area contributed by atoms with Gasteiger partial charge in [-0.25, -0.2) is 0 Å². The van der Waals surface area contributed by atoms with Gasteiger partial charge in [-0.15, -0.1) is 0 Å². The first-order chi connectivity index (χ1) is 16.8. The maximum atomic E-state index is 14.0. The summed E-state index contributed by atoms with van der Waals surface area (Å²) in [6, 6.07) is 0. The molecule has 2 N–H and O–H groups in total. The van der Waals surface area contributed by atoms with E-state index >= 15 is 0 Å². The molecule has 0 amide bonds. The lowest BCUT2D eigenvalue weighted by Gasteiger charge is -2.58. The lowest BCUT2D eigenvalue weighted by molar-refractivity contribution is -0.143. The van der Waals surface area contributed by atoms with Gasteiger partial charge >= 0.3 is 5.97 Å². The van der Waals surface area contributed by atoms with Crippen molar-refractivity contribution in [1.82, 2.24) is 0 Å². The number of carboxylic acid groups (broad SMARTS) is 1. The van der Waals surface area contributed by atoms with E-state index in [0.717, 1.165) is 11.1 Å². The van der Waals surface area contributed by atoms with E-state index in [1.54, 1.807) is 19.9 Å². The van der Waals surface area contributed by atoms with Crippen molar-refractivity contribution < 1.29 is 34.2 Å². The van der Waals surface area contributed by atoms with Gasteiger partial charge in [0.1, 0.15) is 11.6 Å². The molecule has 7 heteroatoms.